The van der Waals surface area contributed by atoms with Crippen LogP contribution in [-0.2, 0) is 9.47 Å². The molecule has 0 atom stereocenters. The smallest absolute Gasteiger partial charge is 0.427 e. The highest BCUT2D eigenvalue weighted by molar-refractivity contribution is 7.17. The SMILES string of the molecule is CC(C)(C)OC(=O)NN(C(=O)c1ncc(N2CCN(C(=O)OC(C)(C)C)CC2)s1)c1cccc(-c2ccncc2)c1. The van der Waals surface area contributed by atoms with E-state index in [0.717, 1.165) is 21.1 Å². The van der Waals surface area contributed by atoms with Gasteiger partial charge in [0, 0.05) is 38.6 Å². The standard InChI is InChI=1S/C29H36N6O5S/c1-28(2,3)39-26(37)32-35(22-9-7-8-21(18-22)20-10-12-30-13-11-20)25(36)24-31-19-23(41-24)33-14-16-34(17-15-33)27(38)40-29(4,5)6/h7-13,18-19H,14-17H2,1-6H3,(H,32,37). The lowest BCUT2D eigenvalue weighted by molar-refractivity contribution is 0.0240. The summed E-state index contributed by atoms with van der Waals surface area (Å²) in [6.07, 6.45) is 3.91. The number of carbonyl (C=O) groups is 3. The Kier molecular flexibility index (Phi) is 8.81. The van der Waals surface area contributed by atoms with E-state index in [1.165, 1.54) is 11.3 Å². The van der Waals surface area contributed by atoms with Gasteiger partial charge in [-0.15, -0.1) is 0 Å². The van der Waals surface area contributed by atoms with Crippen LogP contribution in [0.4, 0.5) is 20.3 Å². The minimum absolute atomic E-state index is 0.194. The van der Waals surface area contributed by atoms with Gasteiger partial charge in [-0.1, -0.05) is 23.5 Å². The number of rotatable bonds is 4. The van der Waals surface area contributed by atoms with Crippen LogP contribution in [0.15, 0.2) is 55.0 Å². The highest BCUT2D eigenvalue weighted by atomic mass is 32.1. The van der Waals surface area contributed by atoms with Crippen LogP contribution < -0.4 is 15.3 Å². The fourth-order valence-corrected chi connectivity index (χ4v) is 4.94. The van der Waals surface area contributed by atoms with Crippen molar-refractivity contribution in [3.8, 4) is 11.1 Å². The largest absolute Gasteiger partial charge is 0.444 e. The minimum Gasteiger partial charge on any atom is -0.444 e. The molecule has 0 aliphatic carbocycles. The zero-order valence-electron chi connectivity index (χ0n) is 24.2. The zero-order valence-corrected chi connectivity index (χ0v) is 25.0. The third-order valence-corrected chi connectivity index (χ3v) is 6.89. The van der Waals surface area contributed by atoms with E-state index < -0.39 is 23.2 Å². The third kappa shape index (κ3) is 8.16. The summed E-state index contributed by atoms with van der Waals surface area (Å²) in [6, 6.07) is 11.0. The number of amides is 3. The Hall–Kier alpha value is -4.19. The quantitative estimate of drug-likeness (QED) is 0.411. The van der Waals surface area contributed by atoms with Crippen molar-refractivity contribution in [2.24, 2.45) is 0 Å². The van der Waals surface area contributed by atoms with Crippen LogP contribution in [0.1, 0.15) is 51.3 Å². The van der Waals surface area contributed by atoms with Crippen molar-refractivity contribution in [3.63, 3.8) is 0 Å². The summed E-state index contributed by atoms with van der Waals surface area (Å²) < 4.78 is 10.9. The van der Waals surface area contributed by atoms with Crippen molar-refractivity contribution in [1.82, 2.24) is 20.3 Å². The van der Waals surface area contributed by atoms with Crippen molar-refractivity contribution < 1.29 is 23.9 Å². The molecular formula is C29H36N6O5S. The van der Waals surface area contributed by atoms with E-state index in [2.05, 4.69) is 20.3 Å². The number of benzene rings is 1. The molecule has 12 heteroatoms. The second-order valence-electron chi connectivity index (χ2n) is 11.5. The van der Waals surface area contributed by atoms with Crippen molar-refractivity contribution in [2.75, 3.05) is 36.1 Å². The topological polar surface area (TPSA) is 117 Å². The molecule has 41 heavy (non-hydrogen) atoms. The molecular weight excluding hydrogens is 544 g/mol. The molecule has 11 nitrogen and oxygen atoms in total. The molecule has 218 valence electrons. The van der Waals surface area contributed by atoms with E-state index in [4.69, 9.17) is 9.47 Å². The Morgan fingerprint density at radius 2 is 1.56 bits per heavy atom. The van der Waals surface area contributed by atoms with Crippen molar-refractivity contribution in [1.29, 1.82) is 0 Å². The molecule has 3 aromatic rings. The first kappa shape index (κ1) is 29.8. The number of hydrogen-bond acceptors (Lipinski definition) is 9. The summed E-state index contributed by atoms with van der Waals surface area (Å²) in [6.45, 7) is 12.9. The molecule has 1 aliphatic heterocycles. The van der Waals surface area contributed by atoms with Gasteiger partial charge < -0.3 is 19.3 Å². The minimum atomic E-state index is -0.768. The average molecular weight is 581 g/mol. The summed E-state index contributed by atoms with van der Waals surface area (Å²) in [4.78, 5) is 51.1. The fraction of sp³-hybridized carbons (Fsp3) is 0.414. The maximum atomic E-state index is 13.8. The summed E-state index contributed by atoms with van der Waals surface area (Å²) in [5.74, 6) is -0.508. The fourth-order valence-electron chi connectivity index (χ4n) is 4.04. The predicted molar refractivity (Wildman–Crippen MR) is 158 cm³/mol. The molecule has 1 saturated heterocycles. The number of thiazole rings is 1. The van der Waals surface area contributed by atoms with E-state index in [9.17, 15) is 14.4 Å². The molecule has 1 fully saturated rings. The molecule has 0 saturated carbocycles. The van der Waals surface area contributed by atoms with Gasteiger partial charge in [-0.05, 0) is 76.9 Å². The summed E-state index contributed by atoms with van der Waals surface area (Å²) in [7, 11) is 0. The molecule has 2 aromatic heterocycles. The molecule has 0 unspecified atom stereocenters. The second kappa shape index (κ2) is 12.1. The van der Waals surface area contributed by atoms with Gasteiger partial charge in [-0.25, -0.2) is 25.0 Å². The van der Waals surface area contributed by atoms with Crippen LogP contribution in [0.3, 0.4) is 0 Å². The molecule has 1 N–H and O–H groups in total. The number of nitrogens with one attached hydrogen (secondary N) is 1. The maximum Gasteiger partial charge on any atom is 0.427 e. The third-order valence-electron chi connectivity index (χ3n) is 5.84. The summed E-state index contributed by atoms with van der Waals surface area (Å²) in [5, 5.41) is 2.14. The number of ether oxygens (including phenoxy) is 2. The van der Waals surface area contributed by atoms with Gasteiger partial charge in [0.15, 0.2) is 5.01 Å². The van der Waals surface area contributed by atoms with E-state index in [1.54, 1.807) is 62.5 Å². The van der Waals surface area contributed by atoms with Gasteiger partial charge in [0.2, 0.25) is 0 Å². The van der Waals surface area contributed by atoms with Crippen LogP contribution in [0, 0.1) is 0 Å². The first-order valence-electron chi connectivity index (χ1n) is 13.3. The first-order valence-corrected chi connectivity index (χ1v) is 14.1. The van der Waals surface area contributed by atoms with E-state index in [1.807, 2.05) is 39.0 Å². The first-order chi connectivity index (χ1) is 19.3. The molecule has 4 rings (SSSR count). The molecule has 3 amide bonds. The number of hydrogen-bond donors (Lipinski definition) is 1. The van der Waals surface area contributed by atoms with Crippen molar-refractivity contribution >= 4 is 40.1 Å². The van der Waals surface area contributed by atoms with Crippen molar-refractivity contribution in [3.05, 3.63) is 60.0 Å². The predicted octanol–water partition coefficient (Wildman–Crippen LogP) is 5.35. The van der Waals surface area contributed by atoms with Gasteiger partial charge in [0.25, 0.3) is 0 Å². The van der Waals surface area contributed by atoms with Gasteiger partial charge in [0.1, 0.15) is 16.2 Å². The number of aromatic nitrogens is 2. The monoisotopic (exact) mass is 580 g/mol. The Morgan fingerprint density at radius 1 is 0.902 bits per heavy atom. The number of pyridine rings is 1. The number of piperazine rings is 1. The van der Waals surface area contributed by atoms with E-state index in [0.29, 0.717) is 31.9 Å². The number of hydrazine groups is 1. The molecule has 1 aliphatic rings. The maximum absolute atomic E-state index is 13.8. The Balaban J connectivity index is 1.53. The van der Waals surface area contributed by atoms with Crippen LogP contribution in [-0.4, -0.2) is 70.3 Å². The van der Waals surface area contributed by atoms with E-state index >= 15 is 0 Å². The summed E-state index contributed by atoms with van der Waals surface area (Å²) in [5.41, 5.74) is 3.48. The molecule has 1 aromatic carbocycles. The number of nitrogens with zero attached hydrogens (tertiary/aromatic N) is 5. The molecule has 0 radical (unpaired) electrons. The molecule has 3 heterocycles. The van der Waals surface area contributed by atoms with Crippen molar-refractivity contribution in [2.45, 2.75) is 52.7 Å². The average Bonchev–Trinajstić information content (AvgIpc) is 3.41. The van der Waals surface area contributed by atoms with Gasteiger partial charge in [-0.2, -0.15) is 0 Å². The Bertz CT molecular complexity index is 1370. The van der Waals surface area contributed by atoms with Crippen LogP contribution in [0.2, 0.25) is 0 Å². The highest BCUT2D eigenvalue weighted by Crippen LogP contribution is 2.29. The van der Waals surface area contributed by atoms with Crippen LogP contribution in [0.5, 0.6) is 0 Å². The van der Waals surface area contributed by atoms with Gasteiger partial charge >= 0.3 is 18.1 Å². The lowest BCUT2D eigenvalue weighted by atomic mass is 10.1. The van der Waals surface area contributed by atoms with Crippen LogP contribution in [0.25, 0.3) is 11.1 Å². The Morgan fingerprint density at radius 3 is 2.20 bits per heavy atom. The van der Waals surface area contributed by atoms with Gasteiger partial charge in [0.05, 0.1) is 11.9 Å². The van der Waals surface area contributed by atoms with E-state index in [-0.39, 0.29) is 11.1 Å². The molecule has 0 bridgehead atoms. The Labute approximate surface area is 244 Å². The van der Waals surface area contributed by atoms with Crippen LogP contribution >= 0.6 is 11.3 Å². The lowest BCUT2D eigenvalue weighted by Crippen LogP contribution is -2.50. The highest BCUT2D eigenvalue weighted by Gasteiger charge is 2.29. The number of anilines is 2. The number of carbonyl (C=O) groups excluding carboxylic acids is 3. The lowest BCUT2D eigenvalue weighted by Gasteiger charge is -2.35. The molecule has 0 spiro atoms. The summed E-state index contributed by atoms with van der Waals surface area (Å²) >= 11 is 1.22. The van der Waals surface area contributed by atoms with Gasteiger partial charge in [-0.3, -0.25) is 9.78 Å². The zero-order chi connectivity index (χ0) is 29.8. The normalized spacial score (nSPS) is 13.9. The second-order valence-corrected chi connectivity index (χ2v) is 12.5.